The van der Waals surface area contributed by atoms with Gasteiger partial charge in [0.25, 0.3) is 0 Å². The van der Waals surface area contributed by atoms with Gasteiger partial charge in [-0.05, 0) is 37.6 Å². The zero-order valence-corrected chi connectivity index (χ0v) is 13.4. The van der Waals surface area contributed by atoms with Crippen molar-refractivity contribution in [3.63, 3.8) is 0 Å². The molecule has 3 heteroatoms. The zero-order valence-electron chi connectivity index (χ0n) is 13.4. The number of nitrogens with zero attached hydrogens (tertiary/aromatic N) is 1. The lowest BCUT2D eigenvalue weighted by molar-refractivity contribution is 0.271. The molecule has 1 unspecified atom stereocenters. The van der Waals surface area contributed by atoms with Gasteiger partial charge in [-0.15, -0.1) is 0 Å². The quantitative estimate of drug-likeness (QED) is 0.692. The number of rotatable bonds is 9. The van der Waals surface area contributed by atoms with E-state index in [1.165, 1.54) is 0 Å². The fourth-order valence-corrected chi connectivity index (χ4v) is 2.29. The van der Waals surface area contributed by atoms with Gasteiger partial charge in [0, 0.05) is 25.2 Å². The van der Waals surface area contributed by atoms with E-state index in [1.54, 1.807) is 6.07 Å². The van der Waals surface area contributed by atoms with Crippen molar-refractivity contribution in [1.82, 2.24) is 10.2 Å². The van der Waals surface area contributed by atoms with Crippen molar-refractivity contribution in [1.29, 1.82) is 0 Å². The van der Waals surface area contributed by atoms with E-state index in [2.05, 4.69) is 38.0 Å². The van der Waals surface area contributed by atoms with E-state index in [1.807, 2.05) is 12.1 Å². The monoisotopic (exact) mass is 280 g/mol. The van der Waals surface area contributed by atoms with Crippen molar-refractivity contribution in [3.05, 3.63) is 35.1 Å². The highest BCUT2D eigenvalue weighted by Gasteiger charge is 2.09. The minimum absolute atomic E-state index is 0.0970. The molecule has 0 aliphatic carbocycles. The molecular weight excluding hydrogens is 251 g/mol. The third-order valence-corrected chi connectivity index (χ3v) is 3.63. The fourth-order valence-electron chi connectivity index (χ4n) is 2.29. The summed E-state index contributed by atoms with van der Waals surface area (Å²) in [5, 5.41) is 3.36. The summed E-state index contributed by atoms with van der Waals surface area (Å²) in [5.74, 6) is 0.553. The fraction of sp³-hybridized carbons (Fsp3) is 0.647. The molecule has 0 aromatic heterocycles. The standard InChI is InChI=1S/C17H29FN2/c1-5-9-19-11-15-7-8-17(18)16(10-15)13-20(4)12-14(3)6-2/h7-8,10,14,19H,5-6,9,11-13H2,1-4H3. The molecule has 2 nitrogen and oxygen atoms in total. The van der Waals surface area contributed by atoms with E-state index in [0.29, 0.717) is 12.5 Å². The van der Waals surface area contributed by atoms with Gasteiger partial charge in [0.2, 0.25) is 0 Å². The summed E-state index contributed by atoms with van der Waals surface area (Å²) in [6.45, 7) is 10.1. The van der Waals surface area contributed by atoms with Crippen molar-refractivity contribution in [2.75, 3.05) is 20.1 Å². The molecule has 0 spiro atoms. The number of nitrogens with one attached hydrogen (secondary N) is 1. The van der Waals surface area contributed by atoms with E-state index >= 15 is 0 Å². The smallest absolute Gasteiger partial charge is 0.127 e. The van der Waals surface area contributed by atoms with Gasteiger partial charge in [-0.1, -0.05) is 39.3 Å². The lowest BCUT2D eigenvalue weighted by atomic mass is 10.1. The van der Waals surface area contributed by atoms with Gasteiger partial charge in [-0.2, -0.15) is 0 Å². The molecule has 0 amide bonds. The molecular formula is C17H29FN2. The van der Waals surface area contributed by atoms with Crippen LogP contribution < -0.4 is 5.32 Å². The average molecular weight is 280 g/mol. The minimum atomic E-state index is -0.0970. The summed E-state index contributed by atoms with van der Waals surface area (Å²) in [6.07, 6.45) is 2.28. The second kappa shape index (κ2) is 9.09. The van der Waals surface area contributed by atoms with Crippen LogP contribution in [0.1, 0.15) is 44.7 Å². The number of halogens is 1. The maximum absolute atomic E-state index is 13.9. The van der Waals surface area contributed by atoms with Crippen LogP contribution in [-0.4, -0.2) is 25.0 Å². The number of hydrogen-bond acceptors (Lipinski definition) is 2. The van der Waals surface area contributed by atoms with Gasteiger partial charge in [0.05, 0.1) is 0 Å². The molecule has 1 rings (SSSR count). The molecule has 1 atom stereocenters. The summed E-state index contributed by atoms with van der Waals surface area (Å²) in [6, 6.07) is 5.46. The second-order valence-corrected chi connectivity index (χ2v) is 5.81. The van der Waals surface area contributed by atoms with Gasteiger partial charge in [-0.25, -0.2) is 4.39 Å². The Morgan fingerprint density at radius 3 is 2.70 bits per heavy atom. The molecule has 114 valence electrons. The first-order valence-corrected chi connectivity index (χ1v) is 7.73. The summed E-state index contributed by atoms with van der Waals surface area (Å²) in [5.41, 5.74) is 1.96. The van der Waals surface area contributed by atoms with E-state index in [4.69, 9.17) is 0 Å². The Kier molecular flexibility index (Phi) is 7.78. The lowest BCUT2D eigenvalue weighted by Gasteiger charge is -2.21. The minimum Gasteiger partial charge on any atom is -0.313 e. The molecule has 1 aromatic carbocycles. The molecule has 0 radical (unpaired) electrons. The van der Waals surface area contributed by atoms with Gasteiger partial charge >= 0.3 is 0 Å². The third kappa shape index (κ3) is 6.02. The van der Waals surface area contributed by atoms with E-state index in [-0.39, 0.29) is 5.82 Å². The predicted octanol–water partition coefficient (Wildman–Crippen LogP) is 3.80. The maximum Gasteiger partial charge on any atom is 0.127 e. The Hall–Kier alpha value is -0.930. The Labute approximate surface area is 123 Å². The van der Waals surface area contributed by atoms with Crippen LogP contribution in [0.4, 0.5) is 4.39 Å². The Morgan fingerprint density at radius 1 is 1.30 bits per heavy atom. The van der Waals surface area contributed by atoms with Crippen LogP contribution in [0.15, 0.2) is 18.2 Å². The number of hydrogen-bond donors (Lipinski definition) is 1. The maximum atomic E-state index is 13.9. The molecule has 1 aromatic rings. The molecule has 20 heavy (non-hydrogen) atoms. The largest absolute Gasteiger partial charge is 0.313 e. The molecule has 0 aliphatic rings. The molecule has 0 fully saturated rings. The Balaban J connectivity index is 2.61. The topological polar surface area (TPSA) is 15.3 Å². The van der Waals surface area contributed by atoms with Crippen LogP contribution >= 0.6 is 0 Å². The normalized spacial score (nSPS) is 12.9. The van der Waals surface area contributed by atoms with Crippen molar-refractivity contribution in [2.45, 2.75) is 46.7 Å². The van der Waals surface area contributed by atoms with Gasteiger partial charge in [0.15, 0.2) is 0 Å². The second-order valence-electron chi connectivity index (χ2n) is 5.81. The van der Waals surface area contributed by atoms with Crippen molar-refractivity contribution in [2.24, 2.45) is 5.92 Å². The van der Waals surface area contributed by atoms with Crippen LogP contribution in [-0.2, 0) is 13.1 Å². The van der Waals surface area contributed by atoms with Crippen LogP contribution in [0.3, 0.4) is 0 Å². The zero-order chi connectivity index (χ0) is 15.0. The van der Waals surface area contributed by atoms with Gasteiger partial charge in [-0.3, -0.25) is 0 Å². The first-order valence-electron chi connectivity index (χ1n) is 7.73. The third-order valence-electron chi connectivity index (χ3n) is 3.63. The van der Waals surface area contributed by atoms with Crippen LogP contribution in [0, 0.1) is 11.7 Å². The molecule has 1 N–H and O–H groups in total. The summed E-state index contributed by atoms with van der Waals surface area (Å²) in [4.78, 5) is 2.20. The Bertz CT molecular complexity index is 393. The molecule has 0 saturated heterocycles. The molecule has 0 bridgehead atoms. The highest BCUT2D eigenvalue weighted by molar-refractivity contribution is 5.25. The van der Waals surface area contributed by atoms with Crippen LogP contribution in [0.25, 0.3) is 0 Å². The lowest BCUT2D eigenvalue weighted by Crippen LogP contribution is -2.24. The highest BCUT2D eigenvalue weighted by Crippen LogP contribution is 2.14. The predicted molar refractivity (Wildman–Crippen MR) is 84.2 cm³/mol. The van der Waals surface area contributed by atoms with Crippen molar-refractivity contribution in [3.8, 4) is 0 Å². The van der Waals surface area contributed by atoms with Crippen LogP contribution in [0.2, 0.25) is 0 Å². The Morgan fingerprint density at radius 2 is 2.05 bits per heavy atom. The summed E-state index contributed by atoms with van der Waals surface area (Å²) >= 11 is 0. The van der Waals surface area contributed by atoms with Crippen molar-refractivity contribution >= 4 is 0 Å². The molecule has 0 heterocycles. The van der Waals surface area contributed by atoms with Gasteiger partial charge in [0.1, 0.15) is 5.82 Å². The average Bonchev–Trinajstić information content (AvgIpc) is 2.42. The van der Waals surface area contributed by atoms with Gasteiger partial charge < -0.3 is 10.2 Å². The van der Waals surface area contributed by atoms with E-state index < -0.39 is 0 Å². The summed E-state index contributed by atoms with van der Waals surface area (Å²) < 4.78 is 13.9. The van der Waals surface area contributed by atoms with Crippen molar-refractivity contribution < 1.29 is 4.39 Å². The number of benzene rings is 1. The summed E-state index contributed by atoms with van der Waals surface area (Å²) in [7, 11) is 2.06. The molecule has 0 aliphatic heterocycles. The SMILES string of the molecule is CCCNCc1ccc(F)c(CN(C)CC(C)CC)c1. The highest BCUT2D eigenvalue weighted by atomic mass is 19.1. The first kappa shape index (κ1) is 17.1. The molecule has 0 saturated carbocycles. The van der Waals surface area contributed by atoms with E-state index in [0.717, 1.165) is 43.6 Å². The first-order chi connectivity index (χ1) is 9.56. The van der Waals surface area contributed by atoms with E-state index in [9.17, 15) is 4.39 Å². The van der Waals surface area contributed by atoms with Crippen LogP contribution in [0.5, 0.6) is 0 Å².